The van der Waals surface area contributed by atoms with Crippen molar-refractivity contribution in [3.63, 3.8) is 0 Å². The number of hydrogen-bond donors (Lipinski definition) is 1. The van der Waals surface area contributed by atoms with E-state index in [4.69, 9.17) is 23.2 Å². The fraction of sp³-hybridized carbons (Fsp3) is 0.167. The first kappa shape index (κ1) is 18.8. The molecule has 2 aromatic carbocycles. The second-order valence-electron chi connectivity index (χ2n) is 5.63. The summed E-state index contributed by atoms with van der Waals surface area (Å²) in [6.07, 6.45) is 0. The number of hydrogen-bond acceptors (Lipinski definition) is 4. The van der Waals surface area contributed by atoms with Crippen LogP contribution in [0.25, 0.3) is 11.4 Å². The van der Waals surface area contributed by atoms with E-state index in [0.29, 0.717) is 20.9 Å². The van der Waals surface area contributed by atoms with Crippen LogP contribution in [-0.2, 0) is 11.8 Å². The fourth-order valence-electron chi connectivity index (χ4n) is 2.26. The largest absolute Gasteiger partial charge is 0.325 e. The number of carbonyl (C=O) groups excluding carboxylic acids is 1. The van der Waals surface area contributed by atoms with Gasteiger partial charge < -0.3 is 9.88 Å². The highest BCUT2D eigenvalue weighted by atomic mass is 35.5. The first-order chi connectivity index (χ1) is 12.4. The molecule has 5 nitrogen and oxygen atoms in total. The molecule has 8 heteroatoms. The molecule has 0 aliphatic rings. The van der Waals surface area contributed by atoms with Gasteiger partial charge in [-0.05, 0) is 55.5 Å². The van der Waals surface area contributed by atoms with Gasteiger partial charge in [0.05, 0.1) is 5.25 Å². The Kier molecular flexibility index (Phi) is 5.86. The number of amides is 1. The van der Waals surface area contributed by atoms with Gasteiger partial charge in [0.15, 0.2) is 11.0 Å². The van der Waals surface area contributed by atoms with Crippen molar-refractivity contribution in [2.45, 2.75) is 17.3 Å². The van der Waals surface area contributed by atoms with Gasteiger partial charge in [0.25, 0.3) is 0 Å². The summed E-state index contributed by atoms with van der Waals surface area (Å²) in [5.74, 6) is 0.600. The number of carbonyl (C=O) groups is 1. The summed E-state index contributed by atoms with van der Waals surface area (Å²) in [5, 5.41) is 12.9. The van der Waals surface area contributed by atoms with Crippen LogP contribution in [0, 0.1) is 0 Å². The predicted molar refractivity (Wildman–Crippen MR) is 107 cm³/mol. The maximum Gasteiger partial charge on any atom is 0.237 e. The zero-order valence-electron chi connectivity index (χ0n) is 14.1. The number of anilines is 1. The zero-order valence-corrected chi connectivity index (χ0v) is 16.4. The minimum absolute atomic E-state index is 0.117. The third-order valence-electron chi connectivity index (χ3n) is 3.70. The van der Waals surface area contributed by atoms with E-state index < -0.39 is 0 Å². The molecule has 26 heavy (non-hydrogen) atoms. The van der Waals surface area contributed by atoms with Gasteiger partial charge in [-0.3, -0.25) is 4.79 Å². The molecule has 0 aliphatic heterocycles. The van der Waals surface area contributed by atoms with Crippen LogP contribution in [0.1, 0.15) is 6.92 Å². The highest BCUT2D eigenvalue weighted by Crippen LogP contribution is 2.27. The van der Waals surface area contributed by atoms with Crippen molar-refractivity contribution in [3.8, 4) is 11.4 Å². The first-order valence-corrected chi connectivity index (χ1v) is 9.46. The molecule has 0 aliphatic carbocycles. The lowest BCUT2D eigenvalue weighted by Gasteiger charge is -2.11. The Labute approximate surface area is 165 Å². The van der Waals surface area contributed by atoms with Crippen LogP contribution in [0.3, 0.4) is 0 Å². The molecule has 0 bridgehead atoms. The van der Waals surface area contributed by atoms with Gasteiger partial charge in [0.1, 0.15) is 0 Å². The lowest BCUT2D eigenvalue weighted by molar-refractivity contribution is -0.115. The van der Waals surface area contributed by atoms with Crippen molar-refractivity contribution >= 4 is 46.6 Å². The van der Waals surface area contributed by atoms with Gasteiger partial charge >= 0.3 is 0 Å². The Bertz CT molecular complexity index is 910. The normalized spacial score (nSPS) is 12.0. The average Bonchev–Trinajstić information content (AvgIpc) is 2.98. The number of nitrogens with zero attached hydrogens (tertiary/aromatic N) is 3. The summed E-state index contributed by atoms with van der Waals surface area (Å²) in [5.41, 5.74) is 1.61. The van der Waals surface area contributed by atoms with Gasteiger partial charge in [-0.25, -0.2) is 0 Å². The molecule has 3 aromatic rings. The topological polar surface area (TPSA) is 59.8 Å². The van der Waals surface area contributed by atoms with Crippen LogP contribution >= 0.6 is 35.0 Å². The quantitative estimate of drug-likeness (QED) is 0.611. The standard InChI is InChI=1S/C18H16Cl2N4OS/c1-11(17(25)21-15-9-7-14(20)8-10-15)26-18-23-22-16(24(18)2)12-3-5-13(19)6-4-12/h3-11H,1-2H3,(H,21,25)/t11-/m1/s1. The summed E-state index contributed by atoms with van der Waals surface area (Å²) in [7, 11) is 1.87. The molecule has 0 radical (unpaired) electrons. The molecule has 3 rings (SSSR count). The van der Waals surface area contributed by atoms with Crippen LogP contribution < -0.4 is 5.32 Å². The highest BCUT2D eigenvalue weighted by Gasteiger charge is 2.19. The van der Waals surface area contributed by atoms with E-state index in [9.17, 15) is 4.79 Å². The Balaban J connectivity index is 1.69. The molecule has 0 spiro atoms. The summed E-state index contributed by atoms with van der Waals surface area (Å²) in [4.78, 5) is 12.4. The van der Waals surface area contributed by atoms with E-state index in [1.807, 2.05) is 30.7 Å². The predicted octanol–water partition coefficient (Wildman–Crippen LogP) is 4.91. The summed E-state index contributed by atoms with van der Waals surface area (Å²) in [6, 6.07) is 14.4. The van der Waals surface area contributed by atoms with Crippen molar-refractivity contribution in [1.82, 2.24) is 14.8 Å². The number of rotatable bonds is 5. The van der Waals surface area contributed by atoms with Crippen molar-refractivity contribution in [2.75, 3.05) is 5.32 Å². The molecule has 0 fully saturated rings. The molecule has 0 unspecified atom stereocenters. The second kappa shape index (κ2) is 8.12. The van der Waals surface area contributed by atoms with Crippen LogP contribution in [-0.4, -0.2) is 25.9 Å². The molecule has 1 amide bonds. The van der Waals surface area contributed by atoms with E-state index in [1.54, 1.807) is 36.4 Å². The highest BCUT2D eigenvalue weighted by molar-refractivity contribution is 8.00. The third kappa shape index (κ3) is 4.38. The molecule has 134 valence electrons. The van der Waals surface area contributed by atoms with E-state index in [0.717, 1.165) is 11.4 Å². The molecule has 1 N–H and O–H groups in total. The molecular weight excluding hydrogens is 391 g/mol. The average molecular weight is 407 g/mol. The molecule has 1 heterocycles. The first-order valence-electron chi connectivity index (χ1n) is 7.82. The Morgan fingerprint density at radius 3 is 2.23 bits per heavy atom. The van der Waals surface area contributed by atoms with Gasteiger partial charge in [-0.2, -0.15) is 0 Å². The van der Waals surface area contributed by atoms with Crippen molar-refractivity contribution < 1.29 is 4.79 Å². The van der Waals surface area contributed by atoms with Crippen molar-refractivity contribution in [1.29, 1.82) is 0 Å². The van der Waals surface area contributed by atoms with Crippen LogP contribution in [0.4, 0.5) is 5.69 Å². The minimum atomic E-state index is -0.341. The third-order valence-corrected chi connectivity index (χ3v) is 5.34. The van der Waals surface area contributed by atoms with Gasteiger partial charge in [-0.15, -0.1) is 10.2 Å². The van der Waals surface area contributed by atoms with E-state index >= 15 is 0 Å². The summed E-state index contributed by atoms with van der Waals surface area (Å²) in [6.45, 7) is 1.83. The number of nitrogens with one attached hydrogen (secondary N) is 1. The monoisotopic (exact) mass is 406 g/mol. The Hall–Kier alpha value is -2.02. The molecular formula is C18H16Cl2N4OS. The van der Waals surface area contributed by atoms with E-state index in [1.165, 1.54) is 11.8 Å². The maximum atomic E-state index is 12.4. The molecule has 0 saturated heterocycles. The minimum Gasteiger partial charge on any atom is -0.325 e. The molecule has 0 saturated carbocycles. The number of halogens is 2. The SMILES string of the molecule is C[C@@H](Sc1nnc(-c2ccc(Cl)cc2)n1C)C(=O)Nc1ccc(Cl)cc1. The summed E-state index contributed by atoms with van der Waals surface area (Å²) >= 11 is 13.1. The zero-order chi connectivity index (χ0) is 18.7. The Morgan fingerprint density at radius 2 is 1.62 bits per heavy atom. The Morgan fingerprint density at radius 1 is 1.04 bits per heavy atom. The second-order valence-corrected chi connectivity index (χ2v) is 7.81. The van der Waals surface area contributed by atoms with Crippen molar-refractivity contribution in [3.05, 3.63) is 58.6 Å². The van der Waals surface area contributed by atoms with E-state index in [2.05, 4.69) is 15.5 Å². The number of thioether (sulfide) groups is 1. The van der Waals surface area contributed by atoms with Crippen molar-refractivity contribution in [2.24, 2.45) is 7.05 Å². The van der Waals surface area contributed by atoms with Crippen LogP contribution in [0.2, 0.25) is 10.0 Å². The number of aromatic nitrogens is 3. The van der Waals surface area contributed by atoms with Gasteiger partial charge in [0.2, 0.25) is 5.91 Å². The van der Waals surface area contributed by atoms with Gasteiger partial charge in [0, 0.05) is 28.3 Å². The van der Waals surface area contributed by atoms with Crippen LogP contribution in [0.15, 0.2) is 53.7 Å². The lowest BCUT2D eigenvalue weighted by atomic mass is 10.2. The molecule has 1 atom stereocenters. The maximum absolute atomic E-state index is 12.4. The lowest BCUT2D eigenvalue weighted by Crippen LogP contribution is -2.22. The van der Waals surface area contributed by atoms with E-state index in [-0.39, 0.29) is 11.2 Å². The van der Waals surface area contributed by atoms with Gasteiger partial charge in [-0.1, -0.05) is 35.0 Å². The smallest absolute Gasteiger partial charge is 0.237 e. The number of benzene rings is 2. The molecule has 1 aromatic heterocycles. The summed E-state index contributed by atoms with van der Waals surface area (Å²) < 4.78 is 1.86. The fourth-order valence-corrected chi connectivity index (χ4v) is 3.32. The van der Waals surface area contributed by atoms with Crippen LogP contribution in [0.5, 0.6) is 0 Å².